The monoisotopic (exact) mass is 326 g/mol. The first-order chi connectivity index (χ1) is 10.8. The van der Waals surface area contributed by atoms with Crippen molar-refractivity contribution < 1.29 is 32.5 Å². The normalized spacial score (nSPS) is 11.2. The molecule has 0 saturated carbocycles. The van der Waals surface area contributed by atoms with E-state index in [9.17, 15) is 18.0 Å². The molecule has 0 radical (unpaired) electrons. The molecule has 0 unspecified atom stereocenters. The maximum atomic E-state index is 13.1. The van der Waals surface area contributed by atoms with Gasteiger partial charge in [0.05, 0.1) is 19.8 Å². The van der Waals surface area contributed by atoms with Gasteiger partial charge in [0.2, 0.25) is 0 Å². The number of ether oxygens (including phenoxy) is 2. The highest BCUT2D eigenvalue weighted by Crippen LogP contribution is 2.39. The average Bonchev–Trinajstić information content (AvgIpc) is 2.52. The maximum absolute atomic E-state index is 13.1. The molecule has 0 fully saturated rings. The molecule has 4 nitrogen and oxygen atoms in total. The molecule has 0 atom stereocenters. The van der Waals surface area contributed by atoms with Crippen LogP contribution in [-0.2, 0) is 6.18 Å². The molecule has 0 amide bonds. The van der Waals surface area contributed by atoms with Crippen molar-refractivity contribution in [3.8, 4) is 22.6 Å². The number of aromatic carboxylic acids is 1. The molecule has 7 heteroatoms. The lowest BCUT2D eigenvalue weighted by Gasteiger charge is -2.14. The smallest absolute Gasteiger partial charge is 0.419 e. The van der Waals surface area contributed by atoms with E-state index in [0.29, 0.717) is 5.56 Å². The zero-order valence-electron chi connectivity index (χ0n) is 12.3. The summed E-state index contributed by atoms with van der Waals surface area (Å²) in [5, 5.41) is 9.03. The second-order valence-electron chi connectivity index (χ2n) is 4.63. The van der Waals surface area contributed by atoms with Crippen LogP contribution in [-0.4, -0.2) is 25.3 Å². The molecule has 1 N–H and O–H groups in total. The number of carboxylic acids is 1. The molecule has 0 aliphatic carbocycles. The fourth-order valence-electron chi connectivity index (χ4n) is 2.16. The largest absolute Gasteiger partial charge is 0.496 e. The first-order valence-corrected chi connectivity index (χ1v) is 6.45. The third-order valence-corrected chi connectivity index (χ3v) is 3.27. The molecule has 2 rings (SSSR count). The number of halogens is 3. The molecule has 2 aromatic rings. The van der Waals surface area contributed by atoms with Crippen LogP contribution >= 0.6 is 0 Å². The van der Waals surface area contributed by atoms with E-state index in [4.69, 9.17) is 14.6 Å². The van der Waals surface area contributed by atoms with Gasteiger partial charge in [-0.2, -0.15) is 13.2 Å². The number of methoxy groups -OCH3 is 2. The third kappa shape index (κ3) is 3.39. The van der Waals surface area contributed by atoms with Gasteiger partial charge in [0, 0.05) is 0 Å². The fraction of sp³-hybridized carbons (Fsp3) is 0.188. The van der Waals surface area contributed by atoms with Crippen molar-refractivity contribution in [3.05, 3.63) is 47.5 Å². The molecular formula is C16H13F3O4. The minimum Gasteiger partial charge on any atom is -0.496 e. The summed E-state index contributed by atoms with van der Waals surface area (Å²) >= 11 is 0. The van der Waals surface area contributed by atoms with Crippen LogP contribution in [0.1, 0.15) is 15.9 Å². The quantitative estimate of drug-likeness (QED) is 0.919. The molecular weight excluding hydrogens is 313 g/mol. The number of benzene rings is 2. The molecule has 0 spiro atoms. The van der Waals surface area contributed by atoms with E-state index in [0.717, 1.165) is 13.2 Å². The predicted octanol–water partition coefficient (Wildman–Crippen LogP) is 4.09. The highest BCUT2D eigenvalue weighted by Gasteiger charge is 2.34. The Morgan fingerprint density at radius 3 is 2.04 bits per heavy atom. The highest BCUT2D eigenvalue weighted by atomic mass is 19.4. The van der Waals surface area contributed by atoms with E-state index in [1.54, 1.807) is 0 Å². The van der Waals surface area contributed by atoms with Gasteiger partial charge in [-0.25, -0.2) is 4.79 Å². The summed E-state index contributed by atoms with van der Waals surface area (Å²) in [5.74, 6) is -1.39. The molecule has 0 aliphatic rings. The molecule has 122 valence electrons. The van der Waals surface area contributed by atoms with Crippen molar-refractivity contribution in [2.24, 2.45) is 0 Å². The van der Waals surface area contributed by atoms with E-state index >= 15 is 0 Å². The van der Waals surface area contributed by atoms with Crippen LogP contribution in [0.25, 0.3) is 11.1 Å². The number of carbonyl (C=O) groups is 1. The summed E-state index contributed by atoms with van der Waals surface area (Å²) in [6.45, 7) is 0. The lowest BCUT2D eigenvalue weighted by Crippen LogP contribution is -2.07. The van der Waals surface area contributed by atoms with Crippen molar-refractivity contribution in [2.75, 3.05) is 14.2 Å². The second-order valence-corrected chi connectivity index (χ2v) is 4.63. The Morgan fingerprint density at radius 2 is 1.52 bits per heavy atom. The Labute approximate surface area is 130 Å². The summed E-state index contributed by atoms with van der Waals surface area (Å²) in [6, 6.07) is 7.72. The van der Waals surface area contributed by atoms with Gasteiger partial charge >= 0.3 is 12.1 Å². The Morgan fingerprint density at radius 1 is 0.957 bits per heavy atom. The van der Waals surface area contributed by atoms with Gasteiger partial charge in [-0.1, -0.05) is 12.1 Å². The van der Waals surface area contributed by atoms with Crippen LogP contribution in [0.2, 0.25) is 0 Å². The SMILES string of the molecule is COc1cc(-c2ccc(OC)c(C(F)(F)F)c2)ccc1C(=O)O. The third-order valence-electron chi connectivity index (χ3n) is 3.27. The van der Waals surface area contributed by atoms with Gasteiger partial charge in [-0.3, -0.25) is 0 Å². The Hall–Kier alpha value is -2.70. The van der Waals surface area contributed by atoms with Crippen LogP contribution in [0.3, 0.4) is 0 Å². The first-order valence-electron chi connectivity index (χ1n) is 6.45. The van der Waals surface area contributed by atoms with Crippen molar-refractivity contribution in [1.29, 1.82) is 0 Å². The average molecular weight is 326 g/mol. The van der Waals surface area contributed by atoms with Gasteiger partial charge < -0.3 is 14.6 Å². The number of rotatable bonds is 4. The van der Waals surface area contributed by atoms with Crippen LogP contribution in [0, 0.1) is 0 Å². The molecule has 0 aromatic heterocycles. The second kappa shape index (κ2) is 6.20. The van der Waals surface area contributed by atoms with Crippen molar-refractivity contribution in [2.45, 2.75) is 6.18 Å². The van der Waals surface area contributed by atoms with Crippen molar-refractivity contribution in [3.63, 3.8) is 0 Å². The minimum atomic E-state index is -4.56. The zero-order chi connectivity index (χ0) is 17.2. The predicted molar refractivity (Wildman–Crippen MR) is 76.9 cm³/mol. The van der Waals surface area contributed by atoms with E-state index in [2.05, 4.69) is 0 Å². The zero-order valence-corrected chi connectivity index (χ0v) is 12.3. The number of alkyl halides is 3. The fourth-order valence-corrected chi connectivity index (χ4v) is 2.16. The van der Waals surface area contributed by atoms with Crippen LogP contribution in [0.4, 0.5) is 13.2 Å². The van der Waals surface area contributed by atoms with Gasteiger partial charge in [0.1, 0.15) is 17.1 Å². The first kappa shape index (κ1) is 16.7. The topological polar surface area (TPSA) is 55.8 Å². The Balaban J connectivity index is 2.57. The molecule has 0 heterocycles. The summed E-state index contributed by atoms with van der Waals surface area (Å²) in [7, 11) is 2.45. The lowest BCUT2D eigenvalue weighted by atomic mass is 10.00. The van der Waals surface area contributed by atoms with Crippen LogP contribution in [0.15, 0.2) is 36.4 Å². The van der Waals surface area contributed by atoms with Crippen LogP contribution < -0.4 is 9.47 Å². The summed E-state index contributed by atoms with van der Waals surface area (Å²) in [6.07, 6.45) is -4.56. The van der Waals surface area contributed by atoms with E-state index in [1.165, 1.54) is 37.4 Å². The number of hydrogen-bond donors (Lipinski definition) is 1. The summed E-state index contributed by atoms with van der Waals surface area (Å²) < 4.78 is 48.9. The van der Waals surface area contributed by atoms with E-state index < -0.39 is 17.7 Å². The highest BCUT2D eigenvalue weighted by molar-refractivity contribution is 5.92. The van der Waals surface area contributed by atoms with Crippen molar-refractivity contribution in [1.82, 2.24) is 0 Å². The van der Waals surface area contributed by atoms with Gasteiger partial charge in [-0.15, -0.1) is 0 Å². The Kier molecular flexibility index (Phi) is 4.49. The molecule has 0 aliphatic heterocycles. The van der Waals surface area contributed by atoms with Gasteiger partial charge in [-0.05, 0) is 35.4 Å². The van der Waals surface area contributed by atoms with E-state index in [-0.39, 0.29) is 22.6 Å². The summed E-state index contributed by atoms with van der Waals surface area (Å²) in [5.41, 5.74) is -0.298. The van der Waals surface area contributed by atoms with Gasteiger partial charge in [0.25, 0.3) is 0 Å². The summed E-state index contributed by atoms with van der Waals surface area (Å²) in [4.78, 5) is 11.1. The molecule has 0 bridgehead atoms. The minimum absolute atomic E-state index is 0.0687. The van der Waals surface area contributed by atoms with E-state index in [1.807, 2.05) is 0 Å². The maximum Gasteiger partial charge on any atom is 0.419 e. The standard InChI is InChI=1S/C16H13F3O4/c1-22-13-6-4-9(7-12(13)16(17,18)19)10-3-5-11(15(20)21)14(8-10)23-2/h3-8H,1-2H3,(H,20,21). The number of hydrogen-bond acceptors (Lipinski definition) is 3. The molecule has 2 aromatic carbocycles. The number of carboxylic acid groups (broad SMARTS) is 1. The van der Waals surface area contributed by atoms with Crippen molar-refractivity contribution >= 4 is 5.97 Å². The van der Waals surface area contributed by atoms with Crippen LogP contribution in [0.5, 0.6) is 11.5 Å². The molecule has 0 saturated heterocycles. The molecule has 23 heavy (non-hydrogen) atoms. The van der Waals surface area contributed by atoms with Gasteiger partial charge in [0.15, 0.2) is 0 Å². The Bertz CT molecular complexity index is 739. The lowest BCUT2D eigenvalue weighted by molar-refractivity contribution is -0.138.